The van der Waals surface area contributed by atoms with Crippen LogP contribution in [0.15, 0.2) is 46.9 Å². The molecule has 0 fully saturated rings. The first-order valence-corrected chi connectivity index (χ1v) is 9.29. The third-order valence-electron chi connectivity index (χ3n) is 4.34. The van der Waals surface area contributed by atoms with Gasteiger partial charge in [0.05, 0.1) is 5.56 Å². The first kappa shape index (κ1) is 18.0. The van der Waals surface area contributed by atoms with Crippen LogP contribution in [0.2, 0.25) is 5.02 Å². The lowest BCUT2D eigenvalue weighted by Crippen LogP contribution is -2.14. The van der Waals surface area contributed by atoms with Gasteiger partial charge in [-0.1, -0.05) is 23.7 Å². The zero-order chi connectivity index (χ0) is 18.8. The Bertz CT molecular complexity index is 952. The van der Waals surface area contributed by atoms with E-state index in [1.807, 2.05) is 56.6 Å². The fraction of sp³-hybridized carbons (Fsp3) is 0.286. The number of benzene rings is 2. The van der Waals surface area contributed by atoms with Crippen molar-refractivity contribution in [2.24, 2.45) is 0 Å². The molecule has 1 aliphatic heterocycles. The standard InChI is InChI=1S/C21H21ClN2O3/c1-24(2)10-5-11-25-13-19-23-20-16-12-14(22)8-9-18(16)26-17-7-4-3-6-15(17)21(20)27-19/h3-4,6-9,12H,5,10-11,13H2,1-2H3. The molecule has 0 atom stereocenters. The minimum atomic E-state index is 0.333. The molecule has 2 aromatic carbocycles. The highest BCUT2D eigenvalue weighted by molar-refractivity contribution is 6.31. The maximum absolute atomic E-state index is 6.22. The van der Waals surface area contributed by atoms with Gasteiger partial charge in [0, 0.05) is 17.2 Å². The Balaban J connectivity index is 1.65. The van der Waals surface area contributed by atoms with Gasteiger partial charge in [-0.05, 0) is 57.4 Å². The van der Waals surface area contributed by atoms with Gasteiger partial charge in [0.1, 0.15) is 23.8 Å². The monoisotopic (exact) mass is 384 g/mol. The van der Waals surface area contributed by atoms with Gasteiger partial charge >= 0.3 is 0 Å². The third-order valence-corrected chi connectivity index (χ3v) is 4.57. The minimum absolute atomic E-state index is 0.333. The van der Waals surface area contributed by atoms with E-state index in [2.05, 4.69) is 9.88 Å². The first-order valence-electron chi connectivity index (χ1n) is 8.91. The van der Waals surface area contributed by atoms with Crippen LogP contribution < -0.4 is 4.74 Å². The smallest absolute Gasteiger partial charge is 0.221 e. The molecule has 0 unspecified atom stereocenters. The van der Waals surface area contributed by atoms with Gasteiger partial charge in [-0.25, -0.2) is 4.98 Å². The Morgan fingerprint density at radius 3 is 2.74 bits per heavy atom. The van der Waals surface area contributed by atoms with E-state index in [-0.39, 0.29) is 0 Å². The average molecular weight is 385 g/mol. The van der Waals surface area contributed by atoms with Crippen molar-refractivity contribution in [3.05, 3.63) is 53.4 Å². The van der Waals surface area contributed by atoms with Crippen LogP contribution in [-0.2, 0) is 11.3 Å². The molecule has 0 amide bonds. The van der Waals surface area contributed by atoms with Gasteiger partial charge in [-0.15, -0.1) is 0 Å². The Hall–Kier alpha value is -2.34. The van der Waals surface area contributed by atoms with E-state index < -0.39 is 0 Å². The van der Waals surface area contributed by atoms with Crippen molar-refractivity contribution in [2.45, 2.75) is 13.0 Å². The largest absolute Gasteiger partial charge is 0.456 e. The number of fused-ring (bicyclic) bond motifs is 5. The highest BCUT2D eigenvalue weighted by Gasteiger charge is 2.26. The van der Waals surface area contributed by atoms with E-state index in [0.29, 0.717) is 35.6 Å². The van der Waals surface area contributed by atoms with Crippen molar-refractivity contribution in [2.75, 3.05) is 27.2 Å². The molecule has 0 radical (unpaired) electrons. The molecule has 6 heteroatoms. The Labute approximate surface area is 163 Å². The third kappa shape index (κ3) is 3.86. The van der Waals surface area contributed by atoms with Crippen LogP contribution in [0.1, 0.15) is 12.3 Å². The molecule has 140 valence electrons. The van der Waals surface area contributed by atoms with Gasteiger partial charge in [0.15, 0.2) is 5.76 Å². The molecule has 2 heterocycles. The predicted molar refractivity (Wildman–Crippen MR) is 105 cm³/mol. The molecule has 0 N–H and O–H groups in total. The lowest BCUT2D eigenvalue weighted by atomic mass is 10.1. The second kappa shape index (κ2) is 7.72. The summed E-state index contributed by atoms with van der Waals surface area (Å²) in [5, 5.41) is 0.624. The summed E-state index contributed by atoms with van der Waals surface area (Å²) in [6.07, 6.45) is 0.961. The number of hydrogen-bond donors (Lipinski definition) is 0. The molecule has 1 aliphatic rings. The van der Waals surface area contributed by atoms with Crippen LogP contribution in [0.3, 0.4) is 0 Å². The SMILES string of the molecule is CN(C)CCCOCc1nc2c(o1)-c1ccccc1Oc1ccc(Cl)cc1-2. The predicted octanol–water partition coefficient (Wildman–Crippen LogP) is 5.24. The van der Waals surface area contributed by atoms with Crippen LogP contribution in [0.4, 0.5) is 0 Å². The second-order valence-corrected chi connectivity index (χ2v) is 7.17. The van der Waals surface area contributed by atoms with Crippen LogP contribution in [0.25, 0.3) is 22.6 Å². The lowest BCUT2D eigenvalue weighted by Gasteiger charge is -2.09. The summed E-state index contributed by atoms with van der Waals surface area (Å²) in [4.78, 5) is 6.82. The van der Waals surface area contributed by atoms with Gasteiger partial charge in [-0.2, -0.15) is 0 Å². The zero-order valence-corrected chi connectivity index (χ0v) is 16.1. The molecule has 0 bridgehead atoms. The first-order chi connectivity index (χ1) is 13.1. The molecule has 4 rings (SSSR count). The fourth-order valence-electron chi connectivity index (χ4n) is 3.07. The summed E-state index contributed by atoms with van der Waals surface area (Å²) in [6.45, 7) is 1.98. The van der Waals surface area contributed by atoms with Crippen LogP contribution in [0.5, 0.6) is 11.5 Å². The van der Waals surface area contributed by atoms with Crippen molar-refractivity contribution >= 4 is 11.6 Å². The maximum atomic E-state index is 6.22. The highest BCUT2D eigenvalue weighted by atomic mass is 35.5. The van der Waals surface area contributed by atoms with Crippen LogP contribution in [-0.4, -0.2) is 37.1 Å². The maximum Gasteiger partial charge on any atom is 0.221 e. The van der Waals surface area contributed by atoms with Gasteiger partial charge < -0.3 is 18.8 Å². The molecule has 3 aromatic rings. The number of aromatic nitrogens is 1. The number of hydrogen-bond acceptors (Lipinski definition) is 5. The zero-order valence-electron chi connectivity index (χ0n) is 15.4. The summed E-state index contributed by atoms with van der Waals surface area (Å²) in [5.41, 5.74) is 2.41. The van der Waals surface area contributed by atoms with Crippen molar-refractivity contribution in [3.8, 4) is 34.1 Å². The second-order valence-electron chi connectivity index (χ2n) is 6.73. The highest BCUT2D eigenvalue weighted by Crippen LogP contribution is 2.47. The topological polar surface area (TPSA) is 47.7 Å². The molecular formula is C21H21ClN2O3. The minimum Gasteiger partial charge on any atom is -0.456 e. The summed E-state index contributed by atoms with van der Waals surface area (Å²) in [6, 6.07) is 13.3. The average Bonchev–Trinajstić information content (AvgIpc) is 3.02. The van der Waals surface area contributed by atoms with Crippen molar-refractivity contribution < 1.29 is 13.9 Å². The van der Waals surface area contributed by atoms with E-state index in [9.17, 15) is 0 Å². The van der Waals surface area contributed by atoms with Crippen LogP contribution >= 0.6 is 11.6 Å². The molecule has 0 spiro atoms. The number of ether oxygens (including phenoxy) is 2. The summed E-state index contributed by atoms with van der Waals surface area (Å²) in [7, 11) is 4.10. The van der Waals surface area contributed by atoms with E-state index in [4.69, 9.17) is 25.5 Å². The molecule has 0 saturated heterocycles. The number of nitrogens with zero attached hydrogens (tertiary/aromatic N) is 2. The molecule has 1 aromatic heterocycles. The summed E-state index contributed by atoms with van der Waals surface area (Å²) in [5.74, 6) is 2.66. The Morgan fingerprint density at radius 2 is 1.89 bits per heavy atom. The normalized spacial score (nSPS) is 12.1. The molecule has 27 heavy (non-hydrogen) atoms. The molecule has 0 saturated carbocycles. The summed E-state index contributed by atoms with van der Waals surface area (Å²) >= 11 is 6.22. The summed E-state index contributed by atoms with van der Waals surface area (Å²) < 4.78 is 17.9. The van der Waals surface area contributed by atoms with Gasteiger partial charge in [0.25, 0.3) is 0 Å². The van der Waals surface area contributed by atoms with Gasteiger partial charge in [0.2, 0.25) is 5.89 Å². The quantitative estimate of drug-likeness (QED) is 0.425. The number of rotatable bonds is 6. The van der Waals surface area contributed by atoms with E-state index >= 15 is 0 Å². The van der Waals surface area contributed by atoms with E-state index in [0.717, 1.165) is 35.5 Å². The van der Waals surface area contributed by atoms with Crippen molar-refractivity contribution in [1.29, 1.82) is 0 Å². The number of halogens is 1. The number of para-hydroxylation sites is 1. The Morgan fingerprint density at radius 1 is 1.07 bits per heavy atom. The number of oxazole rings is 1. The van der Waals surface area contributed by atoms with Gasteiger partial charge in [-0.3, -0.25) is 0 Å². The fourth-order valence-corrected chi connectivity index (χ4v) is 3.24. The Kier molecular flexibility index (Phi) is 5.16. The molecule has 0 aliphatic carbocycles. The van der Waals surface area contributed by atoms with Crippen molar-refractivity contribution in [3.63, 3.8) is 0 Å². The van der Waals surface area contributed by atoms with E-state index in [1.165, 1.54) is 0 Å². The van der Waals surface area contributed by atoms with E-state index in [1.54, 1.807) is 0 Å². The van der Waals surface area contributed by atoms with Crippen LogP contribution in [0, 0.1) is 0 Å². The molecular weight excluding hydrogens is 364 g/mol. The lowest BCUT2D eigenvalue weighted by molar-refractivity contribution is 0.0965. The van der Waals surface area contributed by atoms with Crippen molar-refractivity contribution in [1.82, 2.24) is 9.88 Å². The molecule has 5 nitrogen and oxygen atoms in total.